The van der Waals surface area contributed by atoms with Gasteiger partial charge in [-0.15, -0.1) is 0 Å². The van der Waals surface area contributed by atoms with Crippen LogP contribution in [0.25, 0.3) is 0 Å². The van der Waals surface area contributed by atoms with E-state index in [4.69, 9.17) is 10.9 Å². The minimum absolute atomic E-state index is 0.157. The molecule has 0 saturated carbocycles. The molecule has 0 fully saturated rings. The summed E-state index contributed by atoms with van der Waals surface area (Å²) in [7, 11) is -3.98. The van der Waals surface area contributed by atoms with Gasteiger partial charge in [0.05, 0.1) is 23.8 Å². The molecule has 10 heteroatoms. The van der Waals surface area contributed by atoms with Crippen LogP contribution < -0.4 is 10.5 Å². The Bertz CT molecular complexity index is 742. The van der Waals surface area contributed by atoms with Crippen molar-refractivity contribution in [1.29, 1.82) is 0 Å². The third-order valence-electron chi connectivity index (χ3n) is 2.38. The van der Waals surface area contributed by atoms with E-state index in [1.165, 1.54) is 18.5 Å². The quantitative estimate of drug-likeness (QED) is 0.281. The highest BCUT2D eigenvalue weighted by Crippen LogP contribution is 2.21. The van der Waals surface area contributed by atoms with Crippen LogP contribution in [0.5, 0.6) is 0 Å². The third kappa shape index (κ3) is 2.54. The summed E-state index contributed by atoms with van der Waals surface area (Å²) in [5.74, 6) is -1.38. The summed E-state index contributed by atoms with van der Waals surface area (Å²) in [5.41, 5.74) is 4.83. The number of sulfonamides is 1. The van der Waals surface area contributed by atoms with Crippen LogP contribution in [0.1, 0.15) is 5.56 Å². The number of halogens is 1. The lowest BCUT2D eigenvalue weighted by Gasteiger charge is -2.11. The minimum Gasteiger partial charge on any atom is -0.409 e. The van der Waals surface area contributed by atoms with E-state index in [2.05, 4.69) is 19.8 Å². The number of nitrogens with zero attached hydrogens (tertiary/aromatic N) is 2. The summed E-state index contributed by atoms with van der Waals surface area (Å²) >= 11 is 0. The van der Waals surface area contributed by atoms with Gasteiger partial charge in [-0.25, -0.2) is 9.37 Å². The first kappa shape index (κ1) is 13.8. The lowest BCUT2D eigenvalue weighted by molar-refractivity contribution is 0.318. The normalized spacial score (nSPS) is 12.3. The SMILES string of the molecule is NC(=NO)c1c(F)cccc1NS(=O)(=O)c1cnc[nH]1. The van der Waals surface area contributed by atoms with Crippen molar-refractivity contribution in [2.45, 2.75) is 5.03 Å². The highest BCUT2D eigenvalue weighted by molar-refractivity contribution is 7.92. The Kier molecular flexibility index (Phi) is 3.57. The first-order valence-electron chi connectivity index (χ1n) is 5.23. The van der Waals surface area contributed by atoms with Crippen LogP contribution in [-0.4, -0.2) is 29.4 Å². The van der Waals surface area contributed by atoms with Gasteiger partial charge in [0.2, 0.25) is 0 Å². The number of anilines is 1. The van der Waals surface area contributed by atoms with Gasteiger partial charge in [-0.3, -0.25) is 4.72 Å². The molecule has 8 nitrogen and oxygen atoms in total. The minimum atomic E-state index is -3.98. The van der Waals surface area contributed by atoms with E-state index in [-0.39, 0.29) is 16.3 Å². The molecule has 2 rings (SSSR count). The molecule has 0 aliphatic carbocycles. The Morgan fingerprint density at radius 1 is 1.50 bits per heavy atom. The van der Waals surface area contributed by atoms with Crippen molar-refractivity contribution >= 4 is 21.5 Å². The Hall–Kier alpha value is -2.62. The molecule has 0 amide bonds. The molecule has 20 heavy (non-hydrogen) atoms. The van der Waals surface area contributed by atoms with E-state index in [0.717, 1.165) is 12.3 Å². The Balaban J connectivity index is 2.48. The number of benzene rings is 1. The molecule has 2 aromatic rings. The zero-order chi connectivity index (χ0) is 14.8. The average Bonchev–Trinajstić information content (AvgIpc) is 2.92. The van der Waals surface area contributed by atoms with Gasteiger partial charge in [-0.05, 0) is 12.1 Å². The zero-order valence-corrected chi connectivity index (χ0v) is 10.7. The predicted molar refractivity (Wildman–Crippen MR) is 68.3 cm³/mol. The molecule has 0 saturated heterocycles. The maximum absolute atomic E-state index is 13.7. The number of nitrogens with two attached hydrogens (primary N) is 1. The molecule has 0 unspecified atom stereocenters. The average molecular weight is 299 g/mol. The first-order valence-corrected chi connectivity index (χ1v) is 6.71. The fourth-order valence-corrected chi connectivity index (χ4v) is 2.49. The van der Waals surface area contributed by atoms with Crippen LogP contribution >= 0.6 is 0 Å². The molecule has 1 aromatic heterocycles. The van der Waals surface area contributed by atoms with Crippen molar-refractivity contribution in [3.05, 3.63) is 42.1 Å². The largest absolute Gasteiger partial charge is 0.409 e. The number of oxime groups is 1. The number of aromatic amines is 1. The number of rotatable bonds is 4. The van der Waals surface area contributed by atoms with E-state index in [0.29, 0.717) is 0 Å². The van der Waals surface area contributed by atoms with Crippen molar-refractivity contribution < 1.29 is 18.0 Å². The van der Waals surface area contributed by atoms with Gasteiger partial charge >= 0.3 is 0 Å². The summed E-state index contributed by atoms with van der Waals surface area (Å²) in [4.78, 5) is 5.99. The highest BCUT2D eigenvalue weighted by Gasteiger charge is 2.20. The van der Waals surface area contributed by atoms with Gasteiger partial charge in [-0.2, -0.15) is 8.42 Å². The van der Waals surface area contributed by atoms with E-state index in [9.17, 15) is 12.8 Å². The molecule has 0 aliphatic heterocycles. The zero-order valence-electron chi connectivity index (χ0n) is 9.91. The van der Waals surface area contributed by atoms with Crippen molar-refractivity contribution in [3.8, 4) is 0 Å². The number of amidine groups is 1. The molecule has 5 N–H and O–H groups in total. The third-order valence-corrected chi connectivity index (χ3v) is 3.68. The lowest BCUT2D eigenvalue weighted by atomic mass is 10.1. The molecular formula is C10H10FN5O3S. The van der Waals surface area contributed by atoms with Crippen molar-refractivity contribution in [2.24, 2.45) is 10.9 Å². The Labute approximate surface area is 113 Å². The molecule has 1 heterocycles. The molecule has 0 bridgehead atoms. The van der Waals surface area contributed by atoms with E-state index in [1.54, 1.807) is 0 Å². The van der Waals surface area contributed by atoms with E-state index < -0.39 is 21.7 Å². The summed E-state index contributed by atoms with van der Waals surface area (Å²) in [6.07, 6.45) is 2.27. The fraction of sp³-hybridized carbons (Fsp3) is 0. The molecule has 0 radical (unpaired) electrons. The lowest BCUT2D eigenvalue weighted by Crippen LogP contribution is -2.21. The van der Waals surface area contributed by atoms with Crippen LogP contribution in [0.4, 0.5) is 10.1 Å². The monoisotopic (exact) mass is 299 g/mol. The van der Waals surface area contributed by atoms with Gasteiger partial charge in [0, 0.05) is 0 Å². The number of hydrogen-bond acceptors (Lipinski definition) is 5. The summed E-state index contributed by atoms with van der Waals surface area (Å²) in [6, 6.07) is 3.63. The van der Waals surface area contributed by atoms with Crippen LogP contribution in [0.2, 0.25) is 0 Å². The molecule has 0 aliphatic rings. The van der Waals surface area contributed by atoms with Gasteiger partial charge in [0.25, 0.3) is 10.0 Å². The van der Waals surface area contributed by atoms with Crippen molar-refractivity contribution in [2.75, 3.05) is 4.72 Å². The topological polar surface area (TPSA) is 133 Å². The second-order valence-corrected chi connectivity index (χ2v) is 5.32. The first-order chi connectivity index (χ1) is 9.45. The maximum atomic E-state index is 13.7. The summed E-state index contributed by atoms with van der Waals surface area (Å²) < 4.78 is 39.8. The van der Waals surface area contributed by atoms with Crippen molar-refractivity contribution in [1.82, 2.24) is 9.97 Å². The molecule has 0 atom stereocenters. The van der Waals surface area contributed by atoms with Gasteiger partial charge in [-0.1, -0.05) is 11.2 Å². The molecule has 106 valence electrons. The number of aromatic nitrogens is 2. The van der Waals surface area contributed by atoms with E-state index >= 15 is 0 Å². The number of nitrogens with one attached hydrogen (secondary N) is 2. The summed E-state index contributed by atoms with van der Waals surface area (Å²) in [6.45, 7) is 0. The van der Waals surface area contributed by atoms with Crippen LogP contribution in [-0.2, 0) is 10.0 Å². The Morgan fingerprint density at radius 3 is 2.85 bits per heavy atom. The van der Waals surface area contributed by atoms with Crippen molar-refractivity contribution in [3.63, 3.8) is 0 Å². The number of hydrogen-bond donors (Lipinski definition) is 4. The second kappa shape index (κ2) is 5.17. The van der Waals surface area contributed by atoms with Gasteiger partial charge in [0.15, 0.2) is 10.9 Å². The van der Waals surface area contributed by atoms with Crippen LogP contribution in [0.15, 0.2) is 40.9 Å². The molecule has 1 aromatic carbocycles. The second-order valence-electron chi connectivity index (χ2n) is 3.67. The van der Waals surface area contributed by atoms with Gasteiger partial charge in [0.1, 0.15) is 5.82 Å². The number of H-pyrrole nitrogens is 1. The standard InChI is InChI=1S/C10H10FN5O3S/c11-6-2-1-3-7(9(6)10(12)15-17)16-20(18,19)8-4-13-5-14-8/h1-5,16-17H,(H2,12,15)(H,13,14). The maximum Gasteiger partial charge on any atom is 0.278 e. The summed E-state index contributed by atoms with van der Waals surface area (Å²) in [5, 5.41) is 11.1. The van der Waals surface area contributed by atoms with E-state index in [1.807, 2.05) is 0 Å². The molecular weight excluding hydrogens is 289 g/mol. The highest BCUT2D eigenvalue weighted by atomic mass is 32.2. The Morgan fingerprint density at radius 2 is 2.25 bits per heavy atom. The predicted octanol–water partition coefficient (Wildman–Crippen LogP) is 0.444. The van der Waals surface area contributed by atoms with Crippen LogP contribution in [0, 0.1) is 5.82 Å². The van der Waals surface area contributed by atoms with Crippen LogP contribution in [0.3, 0.4) is 0 Å². The number of imidazole rings is 1. The smallest absolute Gasteiger partial charge is 0.278 e. The van der Waals surface area contributed by atoms with Gasteiger partial charge < -0.3 is 15.9 Å². The fourth-order valence-electron chi connectivity index (χ4n) is 1.51. The molecule has 0 spiro atoms.